The van der Waals surface area contributed by atoms with Crippen LogP contribution in [0.15, 0.2) is 53.4 Å². The van der Waals surface area contributed by atoms with Crippen molar-refractivity contribution in [3.8, 4) is 11.5 Å². The van der Waals surface area contributed by atoms with Gasteiger partial charge < -0.3 is 14.2 Å². The number of sulfonamides is 1. The van der Waals surface area contributed by atoms with Crippen molar-refractivity contribution in [1.29, 1.82) is 0 Å². The summed E-state index contributed by atoms with van der Waals surface area (Å²) in [7, 11) is 0.695. The van der Waals surface area contributed by atoms with Gasteiger partial charge in [-0.2, -0.15) is 0 Å². The van der Waals surface area contributed by atoms with Gasteiger partial charge in [-0.3, -0.25) is 0 Å². The van der Waals surface area contributed by atoms with Crippen LogP contribution in [0.25, 0.3) is 6.08 Å². The van der Waals surface area contributed by atoms with Gasteiger partial charge in [0.15, 0.2) is 11.5 Å². The van der Waals surface area contributed by atoms with E-state index in [0.29, 0.717) is 23.5 Å². The molecule has 28 heavy (non-hydrogen) atoms. The van der Waals surface area contributed by atoms with E-state index in [0.717, 1.165) is 5.56 Å². The van der Waals surface area contributed by atoms with E-state index in [-0.39, 0.29) is 11.4 Å². The fourth-order valence-electron chi connectivity index (χ4n) is 2.47. The smallest absolute Gasteiger partial charge is 0.330 e. The second-order valence-electron chi connectivity index (χ2n) is 5.77. The number of nitrogens with one attached hydrogen (secondary N) is 1. The summed E-state index contributed by atoms with van der Waals surface area (Å²) in [4.78, 5) is 11.3. The highest BCUT2D eigenvalue weighted by atomic mass is 32.2. The Balaban J connectivity index is 2.04. The molecule has 0 heterocycles. The summed E-state index contributed by atoms with van der Waals surface area (Å²) in [5.74, 6) is 0.693. The van der Waals surface area contributed by atoms with Crippen LogP contribution in [0.5, 0.6) is 11.5 Å². The van der Waals surface area contributed by atoms with Gasteiger partial charge in [0, 0.05) is 12.6 Å². The molecule has 0 aromatic heterocycles. The van der Waals surface area contributed by atoms with Crippen molar-refractivity contribution >= 4 is 22.1 Å². The van der Waals surface area contributed by atoms with Crippen molar-refractivity contribution < 1.29 is 27.4 Å². The quantitative estimate of drug-likeness (QED) is 0.509. The third-order valence-corrected chi connectivity index (χ3v) is 5.39. The van der Waals surface area contributed by atoms with E-state index in [9.17, 15) is 13.2 Å². The van der Waals surface area contributed by atoms with Crippen LogP contribution in [0.4, 0.5) is 0 Å². The van der Waals surface area contributed by atoms with Crippen LogP contribution in [-0.4, -0.2) is 42.3 Å². The molecule has 0 unspecified atom stereocenters. The highest BCUT2D eigenvalue weighted by Gasteiger charge is 2.14. The number of benzene rings is 2. The van der Waals surface area contributed by atoms with E-state index in [4.69, 9.17) is 9.47 Å². The molecule has 0 atom stereocenters. The van der Waals surface area contributed by atoms with Crippen LogP contribution >= 0.6 is 0 Å². The maximum Gasteiger partial charge on any atom is 0.330 e. The second-order valence-corrected chi connectivity index (χ2v) is 7.53. The van der Waals surface area contributed by atoms with Crippen LogP contribution in [0, 0.1) is 0 Å². The number of rotatable bonds is 9. The Hall–Kier alpha value is -2.84. The monoisotopic (exact) mass is 405 g/mol. The maximum atomic E-state index is 12.5. The normalized spacial score (nSPS) is 11.4. The maximum absolute atomic E-state index is 12.5. The minimum Gasteiger partial charge on any atom is -0.493 e. The molecule has 0 bridgehead atoms. The van der Waals surface area contributed by atoms with E-state index in [1.54, 1.807) is 32.4 Å². The molecule has 0 aliphatic rings. The molecular formula is C20H23NO6S. The molecule has 0 spiro atoms. The number of methoxy groups -OCH3 is 3. The zero-order valence-electron chi connectivity index (χ0n) is 16.0. The van der Waals surface area contributed by atoms with E-state index in [2.05, 4.69) is 9.46 Å². The lowest BCUT2D eigenvalue weighted by atomic mass is 10.1. The van der Waals surface area contributed by atoms with Crippen molar-refractivity contribution in [2.75, 3.05) is 27.9 Å². The first-order chi connectivity index (χ1) is 13.4. The summed E-state index contributed by atoms with van der Waals surface area (Å²) in [5.41, 5.74) is 1.49. The fourth-order valence-corrected chi connectivity index (χ4v) is 3.55. The summed E-state index contributed by atoms with van der Waals surface area (Å²) in [6.07, 6.45) is 3.21. The van der Waals surface area contributed by atoms with Gasteiger partial charge in [-0.25, -0.2) is 17.9 Å². The van der Waals surface area contributed by atoms with Gasteiger partial charge in [-0.1, -0.05) is 18.2 Å². The van der Waals surface area contributed by atoms with Crippen LogP contribution < -0.4 is 14.2 Å². The summed E-state index contributed by atoms with van der Waals surface area (Å²) >= 11 is 0. The van der Waals surface area contributed by atoms with E-state index in [1.807, 2.05) is 12.1 Å². The van der Waals surface area contributed by atoms with Crippen molar-refractivity contribution in [3.05, 3.63) is 59.7 Å². The first-order valence-corrected chi connectivity index (χ1v) is 9.94. The van der Waals surface area contributed by atoms with Gasteiger partial charge in [0.25, 0.3) is 0 Å². The van der Waals surface area contributed by atoms with E-state index < -0.39 is 16.0 Å². The van der Waals surface area contributed by atoms with E-state index in [1.165, 1.54) is 31.4 Å². The van der Waals surface area contributed by atoms with Crippen LogP contribution in [0.1, 0.15) is 11.1 Å². The minimum absolute atomic E-state index is 0.117. The Morgan fingerprint density at radius 3 is 2.46 bits per heavy atom. The lowest BCUT2D eigenvalue weighted by Gasteiger charge is -2.10. The molecule has 0 fully saturated rings. The van der Waals surface area contributed by atoms with Gasteiger partial charge in [0.1, 0.15) is 0 Å². The average Bonchev–Trinajstić information content (AvgIpc) is 2.71. The van der Waals surface area contributed by atoms with Gasteiger partial charge in [-0.15, -0.1) is 0 Å². The molecule has 0 saturated carbocycles. The van der Waals surface area contributed by atoms with Crippen molar-refractivity contribution in [1.82, 2.24) is 4.72 Å². The summed E-state index contributed by atoms with van der Waals surface area (Å²) in [6, 6.07) is 11.7. The van der Waals surface area contributed by atoms with E-state index >= 15 is 0 Å². The van der Waals surface area contributed by atoms with Gasteiger partial charge in [0.05, 0.1) is 26.2 Å². The Morgan fingerprint density at radius 1 is 1.04 bits per heavy atom. The molecule has 2 rings (SSSR count). The molecule has 0 amide bonds. The first-order valence-electron chi connectivity index (χ1n) is 8.46. The highest BCUT2D eigenvalue weighted by molar-refractivity contribution is 7.89. The number of carbonyl (C=O) groups is 1. The fraction of sp³-hybridized carbons (Fsp3) is 0.250. The first kappa shape index (κ1) is 21.5. The molecule has 150 valence electrons. The summed E-state index contributed by atoms with van der Waals surface area (Å²) in [6.45, 7) is 0.222. The van der Waals surface area contributed by atoms with Crippen molar-refractivity contribution in [3.63, 3.8) is 0 Å². The third kappa shape index (κ3) is 5.83. The van der Waals surface area contributed by atoms with Gasteiger partial charge >= 0.3 is 5.97 Å². The van der Waals surface area contributed by atoms with Crippen molar-refractivity contribution in [2.24, 2.45) is 0 Å². The number of carbonyl (C=O) groups excluding carboxylic acids is 1. The number of ether oxygens (including phenoxy) is 3. The van der Waals surface area contributed by atoms with Crippen LogP contribution in [0.3, 0.4) is 0 Å². The highest BCUT2D eigenvalue weighted by Crippen LogP contribution is 2.27. The molecular weight excluding hydrogens is 382 g/mol. The zero-order valence-corrected chi connectivity index (χ0v) is 16.8. The van der Waals surface area contributed by atoms with Gasteiger partial charge in [-0.05, 0) is 47.9 Å². The van der Waals surface area contributed by atoms with Gasteiger partial charge in [0.2, 0.25) is 10.0 Å². The SMILES string of the molecule is COC(=O)C=Cc1cccc(S(=O)(=O)NCCc2ccc(OC)c(OC)c2)c1. The Bertz CT molecular complexity index is 953. The third-order valence-electron chi connectivity index (χ3n) is 3.94. The Labute approximate surface area is 165 Å². The number of esters is 1. The minimum atomic E-state index is -3.68. The Morgan fingerprint density at radius 2 is 1.79 bits per heavy atom. The molecule has 0 radical (unpaired) electrons. The molecule has 0 aliphatic carbocycles. The molecule has 0 saturated heterocycles. The van der Waals surface area contributed by atoms with Crippen LogP contribution in [0.2, 0.25) is 0 Å². The number of hydrogen-bond acceptors (Lipinski definition) is 6. The largest absolute Gasteiger partial charge is 0.493 e. The summed E-state index contributed by atoms with van der Waals surface area (Å²) < 4.78 is 42.6. The lowest BCUT2D eigenvalue weighted by molar-refractivity contribution is -0.134. The van der Waals surface area contributed by atoms with Crippen LogP contribution in [-0.2, 0) is 26.0 Å². The average molecular weight is 405 g/mol. The predicted octanol–water partition coefficient (Wildman–Crippen LogP) is 2.41. The molecule has 8 heteroatoms. The Kier molecular flexibility index (Phi) is 7.60. The summed E-state index contributed by atoms with van der Waals surface area (Å²) in [5, 5.41) is 0. The topological polar surface area (TPSA) is 90.9 Å². The lowest BCUT2D eigenvalue weighted by Crippen LogP contribution is -2.26. The standard InChI is InChI=1S/C20H23NO6S/c1-25-18-9-7-16(14-19(18)26-2)11-12-21-28(23,24)17-6-4-5-15(13-17)8-10-20(22)27-3/h4-10,13-14,21H,11-12H2,1-3H3. The molecule has 7 nitrogen and oxygen atoms in total. The molecule has 0 aliphatic heterocycles. The molecule has 1 N–H and O–H groups in total. The zero-order chi connectivity index (χ0) is 20.6. The second kappa shape index (κ2) is 9.91. The molecule has 2 aromatic carbocycles. The molecule has 2 aromatic rings. The van der Waals surface area contributed by atoms with Crippen molar-refractivity contribution in [2.45, 2.75) is 11.3 Å². The number of hydrogen-bond donors (Lipinski definition) is 1. The predicted molar refractivity (Wildman–Crippen MR) is 106 cm³/mol.